The van der Waals surface area contributed by atoms with Gasteiger partial charge in [-0.25, -0.2) is 4.98 Å². The van der Waals surface area contributed by atoms with Crippen LogP contribution in [0.25, 0.3) is 0 Å². The van der Waals surface area contributed by atoms with Crippen LogP contribution in [0.4, 0.5) is 5.82 Å². The van der Waals surface area contributed by atoms with Gasteiger partial charge >= 0.3 is 0 Å². The first-order valence-electron chi connectivity index (χ1n) is 5.21. The summed E-state index contributed by atoms with van der Waals surface area (Å²) >= 11 is 5.76. The first-order chi connectivity index (χ1) is 7.31. The Labute approximate surface area is 93.0 Å². The van der Waals surface area contributed by atoms with E-state index in [0.29, 0.717) is 23.4 Å². The van der Waals surface area contributed by atoms with Crippen molar-refractivity contribution in [1.82, 2.24) is 9.97 Å². The zero-order valence-electron chi connectivity index (χ0n) is 8.19. The highest BCUT2D eigenvalue weighted by Gasteiger charge is 2.40. The molecule has 0 aliphatic carbocycles. The van der Waals surface area contributed by atoms with E-state index in [9.17, 15) is 0 Å². The fourth-order valence-corrected chi connectivity index (χ4v) is 2.54. The lowest BCUT2D eigenvalue weighted by Gasteiger charge is -2.20. The topological polar surface area (TPSA) is 47.0 Å². The summed E-state index contributed by atoms with van der Waals surface area (Å²) in [4.78, 5) is 8.15. The second kappa shape index (κ2) is 3.61. The van der Waals surface area contributed by atoms with Gasteiger partial charge in [-0.3, -0.25) is 4.98 Å². The van der Waals surface area contributed by atoms with Crippen LogP contribution in [0.3, 0.4) is 0 Å². The average molecular weight is 226 g/mol. The third-order valence-corrected chi connectivity index (χ3v) is 3.23. The van der Waals surface area contributed by atoms with Gasteiger partial charge in [0, 0.05) is 0 Å². The number of nitrogens with one attached hydrogen (secondary N) is 1. The fourth-order valence-electron chi connectivity index (χ4n) is 2.39. The summed E-state index contributed by atoms with van der Waals surface area (Å²) in [7, 11) is 0. The SMILES string of the molecule is Clc1cncc(NC2CC3CCC2O3)n1. The Morgan fingerprint density at radius 1 is 1.40 bits per heavy atom. The second-order valence-electron chi connectivity index (χ2n) is 4.09. The molecule has 0 aromatic carbocycles. The normalized spacial score (nSPS) is 33.3. The Kier molecular flexibility index (Phi) is 2.25. The van der Waals surface area contributed by atoms with Crippen molar-refractivity contribution < 1.29 is 4.74 Å². The Balaban J connectivity index is 1.71. The van der Waals surface area contributed by atoms with E-state index in [1.807, 2.05) is 0 Å². The van der Waals surface area contributed by atoms with Gasteiger partial charge in [-0.2, -0.15) is 0 Å². The number of rotatable bonds is 2. The molecule has 0 spiro atoms. The summed E-state index contributed by atoms with van der Waals surface area (Å²) in [5, 5.41) is 3.75. The van der Waals surface area contributed by atoms with Crippen molar-refractivity contribution in [2.24, 2.45) is 0 Å². The molecule has 4 nitrogen and oxygen atoms in total. The van der Waals surface area contributed by atoms with Crippen molar-refractivity contribution in [3.8, 4) is 0 Å². The molecule has 2 bridgehead atoms. The Bertz CT molecular complexity index is 373. The van der Waals surface area contributed by atoms with Gasteiger partial charge in [0.25, 0.3) is 0 Å². The van der Waals surface area contributed by atoms with E-state index in [2.05, 4.69) is 15.3 Å². The molecule has 3 rings (SSSR count). The first-order valence-corrected chi connectivity index (χ1v) is 5.58. The summed E-state index contributed by atoms with van der Waals surface area (Å²) in [6.45, 7) is 0. The molecule has 0 radical (unpaired) electrons. The minimum absolute atomic E-state index is 0.343. The van der Waals surface area contributed by atoms with Crippen LogP contribution < -0.4 is 5.32 Å². The van der Waals surface area contributed by atoms with E-state index in [1.54, 1.807) is 6.20 Å². The maximum absolute atomic E-state index is 5.76. The van der Waals surface area contributed by atoms with Gasteiger partial charge in [-0.1, -0.05) is 11.6 Å². The molecule has 2 aliphatic rings. The molecule has 1 aromatic heterocycles. The highest BCUT2D eigenvalue weighted by molar-refractivity contribution is 6.29. The molecule has 2 aliphatic heterocycles. The van der Waals surface area contributed by atoms with Crippen LogP contribution in [0.5, 0.6) is 0 Å². The average Bonchev–Trinajstić information content (AvgIpc) is 2.79. The van der Waals surface area contributed by atoms with Gasteiger partial charge in [0.15, 0.2) is 0 Å². The Morgan fingerprint density at radius 2 is 2.33 bits per heavy atom. The van der Waals surface area contributed by atoms with E-state index in [1.165, 1.54) is 12.6 Å². The van der Waals surface area contributed by atoms with E-state index in [4.69, 9.17) is 16.3 Å². The quantitative estimate of drug-likeness (QED) is 0.835. The van der Waals surface area contributed by atoms with Crippen molar-refractivity contribution in [2.75, 3.05) is 5.32 Å². The maximum Gasteiger partial charge on any atom is 0.149 e. The van der Waals surface area contributed by atoms with Crippen LogP contribution >= 0.6 is 11.6 Å². The van der Waals surface area contributed by atoms with Crippen LogP contribution in [-0.2, 0) is 4.74 Å². The van der Waals surface area contributed by atoms with E-state index in [-0.39, 0.29) is 0 Å². The van der Waals surface area contributed by atoms with Gasteiger partial charge in [0.1, 0.15) is 11.0 Å². The van der Waals surface area contributed by atoms with Gasteiger partial charge in [0.2, 0.25) is 0 Å². The molecule has 2 fully saturated rings. The lowest BCUT2D eigenvalue weighted by atomic mass is 9.95. The van der Waals surface area contributed by atoms with Crippen LogP contribution in [0.1, 0.15) is 19.3 Å². The number of nitrogens with zero attached hydrogens (tertiary/aromatic N) is 2. The Morgan fingerprint density at radius 3 is 3.00 bits per heavy atom. The van der Waals surface area contributed by atoms with E-state index < -0.39 is 0 Å². The molecule has 15 heavy (non-hydrogen) atoms. The monoisotopic (exact) mass is 225 g/mol. The smallest absolute Gasteiger partial charge is 0.149 e. The number of ether oxygens (including phenoxy) is 1. The van der Waals surface area contributed by atoms with E-state index >= 15 is 0 Å². The molecule has 1 N–H and O–H groups in total. The van der Waals surface area contributed by atoms with Gasteiger partial charge in [-0.15, -0.1) is 0 Å². The summed E-state index contributed by atoms with van der Waals surface area (Å²) in [6, 6.07) is 0.372. The lowest BCUT2D eigenvalue weighted by Crippen LogP contribution is -2.30. The molecular formula is C10H12ClN3O. The van der Waals surface area contributed by atoms with Crippen molar-refractivity contribution >= 4 is 17.4 Å². The fraction of sp³-hybridized carbons (Fsp3) is 0.600. The van der Waals surface area contributed by atoms with Crippen molar-refractivity contribution in [1.29, 1.82) is 0 Å². The minimum Gasteiger partial charge on any atom is -0.373 e. The zero-order valence-corrected chi connectivity index (χ0v) is 8.94. The number of fused-ring (bicyclic) bond motifs is 2. The van der Waals surface area contributed by atoms with Crippen molar-refractivity contribution in [3.05, 3.63) is 17.5 Å². The number of anilines is 1. The molecule has 3 atom stereocenters. The zero-order chi connectivity index (χ0) is 10.3. The van der Waals surface area contributed by atoms with Crippen LogP contribution in [0.15, 0.2) is 12.4 Å². The Hall–Kier alpha value is -0.870. The van der Waals surface area contributed by atoms with Crippen molar-refractivity contribution in [3.63, 3.8) is 0 Å². The molecule has 2 saturated heterocycles. The molecule has 0 amide bonds. The standard InChI is InChI=1S/C10H12ClN3O/c11-9-4-12-5-10(14-9)13-7-3-6-1-2-8(7)15-6/h4-8H,1-3H2,(H,13,14). The maximum atomic E-state index is 5.76. The molecule has 5 heteroatoms. The molecule has 3 heterocycles. The molecule has 3 unspecified atom stereocenters. The van der Waals surface area contributed by atoms with Crippen LogP contribution in [-0.4, -0.2) is 28.2 Å². The van der Waals surface area contributed by atoms with Gasteiger partial charge in [0.05, 0.1) is 30.6 Å². The summed E-state index contributed by atoms with van der Waals surface area (Å²) in [6.07, 6.45) is 7.43. The number of hydrogen-bond donors (Lipinski definition) is 1. The predicted molar refractivity (Wildman–Crippen MR) is 57.0 cm³/mol. The predicted octanol–water partition coefficient (Wildman–Crippen LogP) is 1.86. The highest BCUT2D eigenvalue weighted by atomic mass is 35.5. The lowest BCUT2D eigenvalue weighted by molar-refractivity contribution is 0.102. The second-order valence-corrected chi connectivity index (χ2v) is 4.47. The third kappa shape index (κ3) is 1.79. The molecule has 0 saturated carbocycles. The first kappa shape index (κ1) is 9.36. The largest absolute Gasteiger partial charge is 0.373 e. The molecule has 80 valence electrons. The minimum atomic E-state index is 0.343. The van der Waals surface area contributed by atoms with Crippen LogP contribution in [0, 0.1) is 0 Å². The number of hydrogen-bond acceptors (Lipinski definition) is 4. The highest BCUT2D eigenvalue weighted by Crippen LogP contribution is 2.35. The number of aromatic nitrogens is 2. The van der Waals surface area contributed by atoms with Crippen LogP contribution in [0.2, 0.25) is 5.15 Å². The third-order valence-electron chi connectivity index (χ3n) is 3.04. The summed E-state index contributed by atoms with van der Waals surface area (Å²) < 4.78 is 5.74. The summed E-state index contributed by atoms with van der Waals surface area (Å²) in [5.74, 6) is 0.739. The van der Waals surface area contributed by atoms with Gasteiger partial charge < -0.3 is 10.1 Å². The van der Waals surface area contributed by atoms with Gasteiger partial charge in [-0.05, 0) is 19.3 Å². The van der Waals surface area contributed by atoms with Crippen molar-refractivity contribution in [2.45, 2.75) is 37.5 Å². The summed E-state index contributed by atoms with van der Waals surface area (Å²) in [5.41, 5.74) is 0. The number of halogens is 1. The molecule has 1 aromatic rings. The van der Waals surface area contributed by atoms with E-state index in [0.717, 1.165) is 18.7 Å². The molecular weight excluding hydrogens is 214 g/mol.